The summed E-state index contributed by atoms with van der Waals surface area (Å²) in [6.07, 6.45) is 0. The molecule has 0 aliphatic carbocycles. The molecule has 0 saturated carbocycles. The number of rotatable bonds is 2. The Morgan fingerprint density at radius 2 is 1.06 bits per heavy atom. The summed E-state index contributed by atoms with van der Waals surface area (Å²) in [5, 5.41) is -0.356. The van der Waals surface area contributed by atoms with Crippen LogP contribution in [0, 0.1) is 10.8 Å². The van der Waals surface area contributed by atoms with Gasteiger partial charge in [-0.2, -0.15) is 0 Å². The van der Waals surface area contributed by atoms with Crippen LogP contribution >= 0.6 is 15.6 Å². The lowest BCUT2D eigenvalue weighted by molar-refractivity contribution is 0.199. The molecule has 0 aromatic carbocycles. The molecule has 1 atom stereocenters. The van der Waals surface area contributed by atoms with E-state index in [1.165, 1.54) is 0 Å². The van der Waals surface area contributed by atoms with E-state index < -0.39 is 12.0 Å². The molecule has 108 valence electrons. The first-order chi connectivity index (χ1) is 7.56. The van der Waals surface area contributed by atoms with Crippen LogP contribution < -0.4 is 0 Å². The van der Waals surface area contributed by atoms with Crippen LogP contribution in [0.3, 0.4) is 0 Å². The van der Waals surface area contributed by atoms with Crippen molar-refractivity contribution in [3.8, 4) is 0 Å². The summed E-state index contributed by atoms with van der Waals surface area (Å²) < 4.78 is 25.7. The van der Waals surface area contributed by atoms with E-state index in [0.29, 0.717) is 0 Å². The topological polar surface area (TPSA) is 34.1 Å². The number of hydrogen-bond donors (Lipinski definition) is 0. The second kappa shape index (κ2) is 4.71. The van der Waals surface area contributed by atoms with Crippen LogP contribution in [0.4, 0.5) is 0 Å². The summed E-state index contributed by atoms with van der Waals surface area (Å²) in [4.78, 5) is -0.731. The minimum Gasteiger partial charge on any atom is -0.322 e. The van der Waals surface area contributed by atoms with Gasteiger partial charge >= 0.3 is 0 Å². The average Bonchev–Trinajstić information content (AvgIpc) is 1.96. The van der Waals surface area contributed by atoms with E-state index in [-0.39, 0.29) is 24.4 Å². The molecule has 0 rings (SSSR count). The van der Waals surface area contributed by atoms with Gasteiger partial charge in [-0.1, -0.05) is 62.3 Å². The van der Waals surface area contributed by atoms with E-state index in [4.69, 9.17) is 0 Å². The maximum Gasteiger partial charge on any atom is 0.171 e. The molecule has 0 radical (unpaired) electrons. The lowest BCUT2D eigenvalue weighted by Crippen LogP contribution is -2.51. The van der Waals surface area contributed by atoms with E-state index in [1.807, 2.05) is 69.0 Å². The summed E-state index contributed by atoms with van der Waals surface area (Å²) in [5.41, 5.74) is -0.599. The molecule has 0 amide bonds. The second-order valence-corrected chi connectivity index (χ2v) is 13.4. The summed E-state index contributed by atoms with van der Waals surface area (Å²) in [6.45, 7) is 20.1. The lowest BCUT2D eigenvalue weighted by atomic mass is 9.76. The van der Waals surface area contributed by atoms with Crippen LogP contribution in [0.2, 0.25) is 0 Å². The van der Waals surface area contributed by atoms with Crippen molar-refractivity contribution in [1.29, 1.82) is 0 Å². The van der Waals surface area contributed by atoms with E-state index in [2.05, 4.69) is 0 Å². The zero-order valence-corrected chi connectivity index (χ0v) is 15.5. The van der Waals surface area contributed by atoms with Crippen molar-refractivity contribution in [2.24, 2.45) is 10.8 Å². The smallest absolute Gasteiger partial charge is 0.171 e. The zero-order valence-electron chi connectivity index (χ0n) is 13.7. The Kier molecular flexibility index (Phi) is 4.79. The molecule has 0 aliphatic heterocycles. The van der Waals surface area contributed by atoms with Gasteiger partial charge in [-0.05, 0) is 17.5 Å². The summed E-state index contributed by atoms with van der Waals surface area (Å²) in [7, 11) is -2.69. The van der Waals surface area contributed by atoms with E-state index >= 15 is 0 Å². The molecule has 0 spiro atoms. The quantitative estimate of drug-likeness (QED) is 0.597. The van der Waals surface area contributed by atoms with Crippen molar-refractivity contribution in [3.63, 3.8) is 0 Å². The first-order valence-electron chi connectivity index (χ1n) is 6.48. The van der Waals surface area contributed by atoms with Crippen molar-refractivity contribution < 1.29 is 9.13 Å². The molecule has 0 aliphatic rings. The fourth-order valence-corrected chi connectivity index (χ4v) is 8.84. The largest absolute Gasteiger partial charge is 0.322 e. The third-order valence-corrected chi connectivity index (χ3v) is 12.3. The molecule has 0 heterocycles. The predicted octanol–water partition coefficient (Wildman–Crippen LogP) is 5.86. The number of hydrogen-bond acceptors (Lipinski definition) is 2. The molecule has 0 saturated heterocycles. The SMILES string of the molecule is CC(C)(C)C(P=O)(C(C)(C)C)[P@@](C)(=O)C(C)(C)C. The first-order valence-corrected chi connectivity index (χ1v) is 9.45. The van der Waals surface area contributed by atoms with Gasteiger partial charge in [0.2, 0.25) is 0 Å². The highest BCUT2D eigenvalue weighted by atomic mass is 31.2. The predicted molar refractivity (Wildman–Crippen MR) is 82.5 cm³/mol. The highest BCUT2D eigenvalue weighted by Crippen LogP contribution is 2.78. The average molecular weight is 292 g/mol. The molecule has 0 aromatic rings. The van der Waals surface area contributed by atoms with E-state index in [0.717, 1.165) is 0 Å². The van der Waals surface area contributed by atoms with Gasteiger partial charge in [0.15, 0.2) is 8.46 Å². The maximum absolute atomic E-state index is 13.6. The molecule has 4 heteroatoms. The lowest BCUT2D eigenvalue weighted by Gasteiger charge is -2.55. The van der Waals surface area contributed by atoms with Crippen LogP contribution in [0.15, 0.2) is 0 Å². The minimum atomic E-state index is -2.69. The normalized spacial score (nSPS) is 18.8. The molecule has 0 fully saturated rings. The Bertz CT molecular complexity index is 351. The highest BCUT2D eigenvalue weighted by Gasteiger charge is 2.64. The van der Waals surface area contributed by atoms with Gasteiger partial charge in [-0.15, -0.1) is 0 Å². The Morgan fingerprint density at radius 1 is 0.778 bits per heavy atom. The van der Waals surface area contributed by atoms with Gasteiger partial charge in [0.05, 0.1) is 0 Å². The fraction of sp³-hybridized carbons (Fsp3) is 1.00. The Morgan fingerprint density at radius 3 is 1.11 bits per heavy atom. The van der Waals surface area contributed by atoms with Crippen molar-refractivity contribution >= 4 is 15.6 Å². The Labute approximate surface area is 115 Å². The van der Waals surface area contributed by atoms with Gasteiger partial charge in [0.25, 0.3) is 0 Å². The molecule has 0 aromatic heterocycles. The molecule has 0 unspecified atom stereocenters. The third-order valence-electron chi connectivity index (χ3n) is 4.12. The Balaban J connectivity index is 6.47. The molecule has 0 bridgehead atoms. The fourth-order valence-electron chi connectivity index (χ4n) is 3.24. The zero-order chi connectivity index (χ0) is 15.2. The van der Waals surface area contributed by atoms with Gasteiger partial charge in [0, 0.05) is 5.16 Å². The van der Waals surface area contributed by atoms with Crippen LogP contribution in [-0.4, -0.2) is 16.7 Å². The minimum absolute atomic E-state index is 0.00712. The molecule has 18 heavy (non-hydrogen) atoms. The third kappa shape index (κ3) is 2.48. The monoisotopic (exact) mass is 292 g/mol. The van der Waals surface area contributed by atoms with Crippen molar-refractivity contribution in [3.05, 3.63) is 0 Å². The van der Waals surface area contributed by atoms with Crippen LogP contribution in [-0.2, 0) is 9.13 Å². The van der Waals surface area contributed by atoms with Crippen LogP contribution in [0.25, 0.3) is 0 Å². The first kappa shape index (κ1) is 18.3. The standard InChI is InChI=1S/C14H30O2P2/c1-11(2,3)14(17-15,12(4,5)6)18(10,16)13(7,8)9/h1-10H3/t18-/m0/s1. The second-order valence-electron chi connectivity index (χ2n) is 8.36. The molecule has 0 N–H and O–H groups in total. The van der Waals surface area contributed by atoms with Gasteiger partial charge in [-0.25, -0.2) is 0 Å². The van der Waals surface area contributed by atoms with Crippen molar-refractivity contribution in [1.82, 2.24) is 0 Å². The summed E-state index contributed by atoms with van der Waals surface area (Å²) in [6, 6.07) is 0. The summed E-state index contributed by atoms with van der Waals surface area (Å²) >= 11 is 0. The van der Waals surface area contributed by atoms with Gasteiger partial charge in [-0.3, -0.25) is 4.57 Å². The molecular weight excluding hydrogens is 262 g/mol. The van der Waals surface area contributed by atoms with E-state index in [1.54, 1.807) is 0 Å². The van der Waals surface area contributed by atoms with Crippen molar-refractivity contribution in [2.75, 3.05) is 6.66 Å². The molecule has 2 nitrogen and oxygen atoms in total. The highest BCUT2D eigenvalue weighted by molar-refractivity contribution is 7.73. The maximum atomic E-state index is 13.6. The van der Waals surface area contributed by atoms with Crippen LogP contribution in [0.5, 0.6) is 0 Å². The molecular formula is C14H30O2P2. The van der Waals surface area contributed by atoms with Gasteiger partial charge < -0.3 is 4.57 Å². The van der Waals surface area contributed by atoms with Crippen LogP contribution in [0.1, 0.15) is 62.3 Å². The Hall–Kier alpha value is 0.330. The van der Waals surface area contributed by atoms with E-state index in [9.17, 15) is 9.13 Å². The van der Waals surface area contributed by atoms with Crippen molar-refractivity contribution in [2.45, 2.75) is 72.4 Å². The van der Waals surface area contributed by atoms with Gasteiger partial charge in [0.1, 0.15) is 12.0 Å². The summed E-state index contributed by atoms with van der Waals surface area (Å²) in [5.74, 6) is 0.